The summed E-state index contributed by atoms with van der Waals surface area (Å²) >= 11 is 0. The molecule has 1 N–H and O–H groups in total. The maximum Gasteiger partial charge on any atom is 0.232 e. The number of oxazole rings is 1. The average molecular weight is 411 g/mol. The number of carbonyl (C=O) groups is 1. The molecule has 1 heterocycles. The zero-order chi connectivity index (χ0) is 20.8. The van der Waals surface area contributed by atoms with Gasteiger partial charge in [-0.25, -0.2) is 4.98 Å². The summed E-state index contributed by atoms with van der Waals surface area (Å²) in [5.74, 6) is 1.05. The number of hydrogen-bond acceptors (Lipinski definition) is 4. The monoisotopic (exact) mass is 410 g/mol. The molecule has 0 spiro atoms. The molecule has 3 rings (SSSR count). The standard InChI is InChI=1S/C23H26N2O3S/c1-4-18-9-11-20(12-10-18)23-25-21(17(3)28-23)14-29(27)15-22(26)24-13-19-7-5-16(2)6-8-19/h5-12H,4,13-15H2,1-3H3,(H,24,26)/t29-/m0/s1. The van der Waals surface area contributed by atoms with E-state index in [1.165, 1.54) is 11.1 Å². The van der Waals surface area contributed by atoms with Crippen LogP contribution < -0.4 is 5.32 Å². The molecule has 29 heavy (non-hydrogen) atoms. The zero-order valence-corrected chi connectivity index (χ0v) is 17.8. The van der Waals surface area contributed by atoms with Crippen LogP contribution in [0.25, 0.3) is 11.5 Å². The fourth-order valence-electron chi connectivity index (χ4n) is 2.88. The molecule has 0 aliphatic carbocycles. The van der Waals surface area contributed by atoms with Crippen molar-refractivity contribution in [2.75, 3.05) is 5.75 Å². The van der Waals surface area contributed by atoms with Crippen molar-refractivity contribution in [3.63, 3.8) is 0 Å². The van der Waals surface area contributed by atoms with E-state index in [4.69, 9.17) is 4.42 Å². The summed E-state index contributed by atoms with van der Waals surface area (Å²) < 4.78 is 18.2. The Kier molecular flexibility index (Phi) is 6.99. The SMILES string of the molecule is CCc1ccc(-c2nc(C[S@](=O)CC(=O)NCc3ccc(C)cc3)c(C)o2)cc1. The van der Waals surface area contributed by atoms with Crippen LogP contribution in [0.5, 0.6) is 0 Å². The second-order valence-electron chi connectivity index (χ2n) is 7.06. The summed E-state index contributed by atoms with van der Waals surface area (Å²) in [4.78, 5) is 16.6. The maximum atomic E-state index is 12.4. The fraction of sp³-hybridized carbons (Fsp3) is 0.304. The first-order valence-corrected chi connectivity index (χ1v) is 11.2. The maximum absolute atomic E-state index is 12.4. The number of aromatic nitrogens is 1. The van der Waals surface area contributed by atoms with Gasteiger partial charge in [0.05, 0.1) is 11.4 Å². The van der Waals surface area contributed by atoms with E-state index in [9.17, 15) is 9.00 Å². The first-order chi connectivity index (χ1) is 13.9. The molecule has 152 valence electrons. The Morgan fingerprint density at radius 2 is 1.69 bits per heavy atom. The fourth-order valence-corrected chi connectivity index (χ4v) is 3.95. The molecule has 2 aromatic carbocycles. The molecule has 6 heteroatoms. The predicted octanol–water partition coefficient (Wildman–Crippen LogP) is 4.09. The third kappa shape index (κ3) is 5.87. The van der Waals surface area contributed by atoms with Gasteiger partial charge in [0.25, 0.3) is 0 Å². The molecular weight excluding hydrogens is 384 g/mol. The Morgan fingerprint density at radius 1 is 1.03 bits per heavy atom. The minimum Gasteiger partial charge on any atom is -0.441 e. The van der Waals surface area contributed by atoms with Crippen LogP contribution in [0.3, 0.4) is 0 Å². The smallest absolute Gasteiger partial charge is 0.232 e. The van der Waals surface area contributed by atoms with Gasteiger partial charge in [0.2, 0.25) is 11.8 Å². The predicted molar refractivity (Wildman–Crippen MR) is 116 cm³/mol. The van der Waals surface area contributed by atoms with E-state index >= 15 is 0 Å². The molecule has 5 nitrogen and oxygen atoms in total. The molecule has 0 radical (unpaired) electrons. The second-order valence-corrected chi connectivity index (χ2v) is 8.52. The topological polar surface area (TPSA) is 72.2 Å². The van der Waals surface area contributed by atoms with E-state index in [0.29, 0.717) is 23.9 Å². The van der Waals surface area contributed by atoms with Crippen LogP contribution in [-0.2, 0) is 34.3 Å². The van der Waals surface area contributed by atoms with Crippen molar-refractivity contribution in [2.24, 2.45) is 0 Å². The molecule has 1 atom stereocenters. The van der Waals surface area contributed by atoms with Crippen molar-refractivity contribution < 1.29 is 13.4 Å². The van der Waals surface area contributed by atoms with Crippen molar-refractivity contribution in [2.45, 2.75) is 39.5 Å². The highest BCUT2D eigenvalue weighted by Crippen LogP contribution is 2.23. The summed E-state index contributed by atoms with van der Waals surface area (Å²) in [6.07, 6.45) is 0.973. The zero-order valence-electron chi connectivity index (χ0n) is 17.0. The van der Waals surface area contributed by atoms with E-state index in [0.717, 1.165) is 17.5 Å². The number of nitrogens with zero attached hydrogens (tertiary/aromatic N) is 1. The minimum atomic E-state index is -1.36. The van der Waals surface area contributed by atoms with Gasteiger partial charge in [-0.2, -0.15) is 0 Å². The van der Waals surface area contributed by atoms with Crippen LogP contribution in [0.2, 0.25) is 0 Å². The Bertz CT molecular complexity index is 992. The van der Waals surface area contributed by atoms with Crippen molar-refractivity contribution in [3.05, 3.63) is 76.7 Å². The minimum absolute atomic E-state index is 0.0569. The molecular formula is C23H26N2O3S. The molecule has 1 amide bonds. The molecule has 0 aliphatic heterocycles. The van der Waals surface area contributed by atoms with Crippen LogP contribution in [0, 0.1) is 13.8 Å². The number of nitrogens with one attached hydrogen (secondary N) is 1. The van der Waals surface area contributed by atoms with Crippen molar-refractivity contribution >= 4 is 16.7 Å². The second kappa shape index (κ2) is 9.65. The van der Waals surface area contributed by atoms with E-state index in [1.807, 2.05) is 55.5 Å². The van der Waals surface area contributed by atoms with E-state index < -0.39 is 10.8 Å². The van der Waals surface area contributed by atoms with Gasteiger partial charge in [-0.3, -0.25) is 9.00 Å². The number of hydrogen-bond donors (Lipinski definition) is 1. The highest BCUT2D eigenvalue weighted by atomic mass is 32.2. The molecule has 3 aromatic rings. The molecule has 1 aromatic heterocycles. The lowest BCUT2D eigenvalue weighted by molar-refractivity contribution is -0.118. The van der Waals surface area contributed by atoms with Gasteiger partial charge in [-0.1, -0.05) is 48.9 Å². The van der Waals surface area contributed by atoms with Crippen LogP contribution in [0.4, 0.5) is 0 Å². The largest absolute Gasteiger partial charge is 0.441 e. The Morgan fingerprint density at radius 3 is 2.34 bits per heavy atom. The summed E-state index contributed by atoms with van der Waals surface area (Å²) in [6, 6.07) is 16.0. The van der Waals surface area contributed by atoms with Gasteiger partial charge < -0.3 is 9.73 Å². The lowest BCUT2D eigenvalue weighted by Crippen LogP contribution is -2.28. The first kappa shape index (κ1) is 21.0. The van der Waals surface area contributed by atoms with Crippen molar-refractivity contribution in [3.8, 4) is 11.5 Å². The van der Waals surface area contributed by atoms with Gasteiger partial charge in [0, 0.05) is 22.9 Å². The number of carbonyl (C=O) groups excluding carboxylic acids is 1. The third-order valence-electron chi connectivity index (χ3n) is 4.70. The summed E-state index contributed by atoms with van der Waals surface area (Å²) in [5, 5.41) is 2.82. The first-order valence-electron chi connectivity index (χ1n) is 9.67. The molecule has 0 saturated carbocycles. The van der Waals surface area contributed by atoms with Gasteiger partial charge in [0.15, 0.2) is 0 Å². The quantitative estimate of drug-likeness (QED) is 0.607. The normalized spacial score (nSPS) is 12.0. The van der Waals surface area contributed by atoms with Gasteiger partial charge in [-0.05, 0) is 43.5 Å². The highest BCUT2D eigenvalue weighted by Gasteiger charge is 2.16. The lowest BCUT2D eigenvalue weighted by Gasteiger charge is -2.05. The van der Waals surface area contributed by atoms with Crippen LogP contribution in [0.15, 0.2) is 52.9 Å². The Hall–Kier alpha value is -2.73. The number of benzene rings is 2. The summed E-state index contributed by atoms with van der Waals surface area (Å²) in [5.41, 5.74) is 4.95. The average Bonchev–Trinajstić information content (AvgIpc) is 3.07. The van der Waals surface area contributed by atoms with E-state index in [-0.39, 0.29) is 17.4 Å². The van der Waals surface area contributed by atoms with Gasteiger partial charge in [-0.15, -0.1) is 0 Å². The number of amides is 1. The number of rotatable bonds is 8. The van der Waals surface area contributed by atoms with Gasteiger partial charge >= 0.3 is 0 Å². The molecule has 0 bridgehead atoms. The van der Waals surface area contributed by atoms with Crippen molar-refractivity contribution in [1.29, 1.82) is 0 Å². The van der Waals surface area contributed by atoms with Gasteiger partial charge in [0.1, 0.15) is 11.5 Å². The highest BCUT2D eigenvalue weighted by molar-refractivity contribution is 7.84. The molecule has 0 saturated heterocycles. The van der Waals surface area contributed by atoms with Crippen LogP contribution in [0.1, 0.15) is 35.1 Å². The molecule has 0 unspecified atom stereocenters. The lowest BCUT2D eigenvalue weighted by atomic mass is 10.1. The summed E-state index contributed by atoms with van der Waals surface area (Å²) in [7, 11) is -1.36. The van der Waals surface area contributed by atoms with Crippen LogP contribution >= 0.6 is 0 Å². The third-order valence-corrected chi connectivity index (χ3v) is 5.88. The van der Waals surface area contributed by atoms with Crippen molar-refractivity contribution in [1.82, 2.24) is 10.3 Å². The Balaban J connectivity index is 1.55. The number of aryl methyl sites for hydroxylation is 3. The summed E-state index contributed by atoms with van der Waals surface area (Å²) in [6.45, 7) is 6.36. The van der Waals surface area contributed by atoms with Crippen LogP contribution in [-0.4, -0.2) is 20.9 Å². The molecule has 0 aliphatic rings. The van der Waals surface area contributed by atoms with E-state index in [1.54, 1.807) is 6.92 Å². The molecule has 0 fully saturated rings. The van der Waals surface area contributed by atoms with E-state index in [2.05, 4.69) is 17.2 Å². The Labute approximate surface area is 174 Å².